The van der Waals surface area contributed by atoms with Crippen LogP contribution in [-0.2, 0) is 13.6 Å². The summed E-state index contributed by atoms with van der Waals surface area (Å²) in [5.41, 5.74) is 2.07. The third-order valence-corrected chi connectivity index (χ3v) is 4.66. The van der Waals surface area contributed by atoms with Crippen LogP contribution in [0.25, 0.3) is 11.5 Å². The highest BCUT2D eigenvalue weighted by Crippen LogP contribution is 2.31. The van der Waals surface area contributed by atoms with Gasteiger partial charge in [0.25, 0.3) is 5.89 Å². The number of hydrogen-bond donors (Lipinski definition) is 0. The predicted molar refractivity (Wildman–Crippen MR) is 92.4 cm³/mol. The smallest absolute Gasteiger partial charge is 0.261 e. The summed E-state index contributed by atoms with van der Waals surface area (Å²) in [5, 5.41) is 8.45. The van der Waals surface area contributed by atoms with Crippen LogP contribution in [0.2, 0.25) is 0 Å². The van der Waals surface area contributed by atoms with E-state index in [0.717, 1.165) is 30.9 Å². The molecule has 25 heavy (non-hydrogen) atoms. The van der Waals surface area contributed by atoms with E-state index in [1.54, 1.807) is 10.9 Å². The van der Waals surface area contributed by atoms with Crippen molar-refractivity contribution >= 4 is 0 Å². The van der Waals surface area contributed by atoms with Gasteiger partial charge in [-0.3, -0.25) is 14.6 Å². The lowest BCUT2D eigenvalue weighted by atomic mass is 10.1. The minimum Gasteiger partial charge on any atom is -0.334 e. The molecule has 1 fully saturated rings. The van der Waals surface area contributed by atoms with Crippen LogP contribution >= 0.6 is 0 Å². The largest absolute Gasteiger partial charge is 0.334 e. The van der Waals surface area contributed by atoms with Crippen molar-refractivity contribution < 1.29 is 4.52 Å². The second-order valence-electron chi connectivity index (χ2n) is 6.56. The van der Waals surface area contributed by atoms with Gasteiger partial charge in [0.2, 0.25) is 0 Å². The first kappa shape index (κ1) is 16.0. The molecule has 0 aromatic carbocycles. The van der Waals surface area contributed by atoms with Crippen LogP contribution in [0.5, 0.6) is 0 Å². The predicted octanol–water partition coefficient (Wildman–Crippen LogP) is 2.98. The van der Waals surface area contributed by atoms with Crippen LogP contribution in [0.15, 0.2) is 41.4 Å². The van der Waals surface area contributed by atoms with E-state index >= 15 is 0 Å². The van der Waals surface area contributed by atoms with E-state index in [4.69, 9.17) is 4.52 Å². The average molecular weight is 338 g/mol. The summed E-state index contributed by atoms with van der Waals surface area (Å²) in [6.45, 7) is 1.89. The van der Waals surface area contributed by atoms with E-state index < -0.39 is 0 Å². The van der Waals surface area contributed by atoms with Gasteiger partial charge >= 0.3 is 0 Å². The van der Waals surface area contributed by atoms with Gasteiger partial charge in [0.1, 0.15) is 0 Å². The lowest BCUT2D eigenvalue weighted by molar-refractivity contribution is 0.181. The van der Waals surface area contributed by atoms with Gasteiger partial charge in [-0.2, -0.15) is 10.1 Å². The maximum Gasteiger partial charge on any atom is 0.261 e. The third kappa shape index (κ3) is 3.61. The van der Waals surface area contributed by atoms with Crippen LogP contribution in [0.4, 0.5) is 0 Å². The van der Waals surface area contributed by atoms with Crippen molar-refractivity contribution in [2.24, 2.45) is 7.05 Å². The molecular formula is C18H22N6O. The van der Waals surface area contributed by atoms with Crippen LogP contribution in [0.1, 0.15) is 43.1 Å². The van der Waals surface area contributed by atoms with Crippen LogP contribution in [0.3, 0.4) is 0 Å². The number of aryl methyl sites for hydroxylation is 1. The standard InChI is InChI=1S/C18H22N6O/c1-23-13-15(11-20-23)18-21-17(22-25-18)16-7-3-2-4-9-24(16)12-14-6-5-8-19-10-14/h5-6,8,10-11,13,16H,2-4,7,9,12H2,1H3/t16-/m1/s1. The summed E-state index contributed by atoms with van der Waals surface area (Å²) < 4.78 is 7.24. The summed E-state index contributed by atoms with van der Waals surface area (Å²) in [6, 6.07) is 4.28. The maximum absolute atomic E-state index is 5.50. The van der Waals surface area contributed by atoms with Gasteiger partial charge in [-0.25, -0.2) is 0 Å². The molecule has 0 N–H and O–H groups in total. The van der Waals surface area contributed by atoms with E-state index in [0.29, 0.717) is 5.89 Å². The lowest BCUT2D eigenvalue weighted by Gasteiger charge is -2.27. The molecule has 0 unspecified atom stereocenters. The van der Waals surface area contributed by atoms with Gasteiger partial charge in [0, 0.05) is 32.2 Å². The van der Waals surface area contributed by atoms with Gasteiger partial charge in [-0.1, -0.05) is 24.1 Å². The molecule has 130 valence electrons. The molecule has 0 aliphatic carbocycles. The van der Waals surface area contributed by atoms with Gasteiger partial charge in [0.15, 0.2) is 5.82 Å². The van der Waals surface area contributed by atoms with Crippen molar-refractivity contribution in [3.05, 3.63) is 48.3 Å². The van der Waals surface area contributed by atoms with E-state index in [-0.39, 0.29) is 6.04 Å². The molecular weight excluding hydrogens is 316 g/mol. The van der Waals surface area contributed by atoms with Crippen molar-refractivity contribution in [2.75, 3.05) is 6.54 Å². The SMILES string of the molecule is Cn1cc(-c2nc([C@H]3CCCCCN3Cc3cccnc3)no2)cn1. The van der Waals surface area contributed by atoms with Crippen LogP contribution in [-0.4, -0.2) is 36.3 Å². The first-order valence-corrected chi connectivity index (χ1v) is 8.75. The van der Waals surface area contributed by atoms with Gasteiger partial charge in [0.05, 0.1) is 17.8 Å². The molecule has 0 radical (unpaired) electrons. The Bertz CT molecular complexity index is 812. The minimum atomic E-state index is 0.178. The fourth-order valence-electron chi connectivity index (χ4n) is 3.39. The molecule has 7 nitrogen and oxygen atoms in total. The Balaban J connectivity index is 1.58. The number of likely N-dealkylation sites (tertiary alicyclic amines) is 1. The zero-order chi connectivity index (χ0) is 17.1. The highest BCUT2D eigenvalue weighted by molar-refractivity contribution is 5.49. The first-order chi connectivity index (χ1) is 12.3. The van der Waals surface area contributed by atoms with Crippen molar-refractivity contribution in [1.82, 2.24) is 29.8 Å². The first-order valence-electron chi connectivity index (χ1n) is 8.75. The molecule has 1 atom stereocenters. The monoisotopic (exact) mass is 338 g/mol. The van der Waals surface area contributed by atoms with E-state index in [1.807, 2.05) is 31.7 Å². The molecule has 1 aliphatic heterocycles. The number of hydrogen-bond acceptors (Lipinski definition) is 6. The van der Waals surface area contributed by atoms with Crippen LogP contribution < -0.4 is 0 Å². The zero-order valence-corrected chi connectivity index (χ0v) is 14.4. The number of nitrogens with zero attached hydrogens (tertiary/aromatic N) is 6. The highest BCUT2D eigenvalue weighted by atomic mass is 16.5. The number of aromatic nitrogens is 5. The molecule has 0 spiro atoms. The van der Waals surface area contributed by atoms with Crippen LogP contribution in [0, 0.1) is 0 Å². The second kappa shape index (κ2) is 7.14. The average Bonchev–Trinajstić information content (AvgIpc) is 3.22. The molecule has 1 saturated heterocycles. The molecule has 7 heteroatoms. The Kier molecular flexibility index (Phi) is 4.56. The van der Waals surface area contributed by atoms with E-state index in [2.05, 4.69) is 31.2 Å². The summed E-state index contributed by atoms with van der Waals surface area (Å²) in [7, 11) is 1.88. The molecule has 1 aliphatic rings. The Hall–Kier alpha value is -2.54. The molecule has 4 rings (SSSR count). The summed E-state index contributed by atoms with van der Waals surface area (Å²) >= 11 is 0. The molecule has 3 aromatic heterocycles. The summed E-state index contributed by atoms with van der Waals surface area (Å²) in [6.07, 6.45) is 12.0. The Labute approximate surface area is 146 Å². The molecule has 0 amide bonds. The summed E-state index contributed by atoms with van der Waals surface area (Å²) in [5.74, 6) is 1.30. The quantitative estimate of drug-likeness (QED) is 0.728. The maximum atomic E-state index is 5.50. The zero-order valence-electron chi connectivity index (χ0n) is 14.4. The lowest BCUT2D eigenvalue weighted by Crippen LogP contribution is -2.29. The number of rotatable bonds is 4. The van der Waals surface area contributed by atoms with Gasteiger partial charge in [-0.15, -0.1) is 0 Å². The van der Waals surface area contributed by atoms with Crippen molar-refractivity contribution in [3.8, 4) is 11.5 Å². The molecule has 0 bridgehead atoms. The summed E-state index contributed by atoms with van der Waals surface area (Å²) in [4.78, 5) is 11.3. The van der Waals surface area contributed by atoms with Crippen molar-refractivity contribution in [1.29, 1.82) is 0 Å². The van der Waals surface area contributed by atoms with E-state index in [9.17, 15) is 0 Å². The molecule has 0 saturated carbocycles. The molecule has 4 heterocycles. The Morgan fingerprint density at radius 3 is 3.00 bits per heavy atom. The van der Waals surface area contributed by atoms with Crippen molar-refractivity contribution in [2.45, 2.75) is 38.3 Å². The fourth-order valence-corrected chi connectivity index (χ4v) is 3.39. The molecule has 3 aromatic rings. The van der Waals surface area contributed by atoms with Gasteiger partial charge in [-0.05, 0) is 31.0 Å². The van der Waals surface area contributed by atoms with Crippen molar-refractivity contribution in [3.63, 3.8) is 0 Å². The Morgan fingerprint density at radius 1 is 1.24 bits per heavy atom. The fraction of sp³-hybridized carbons (Fsp3) is 0.444. The highest BCUT2D eigenvalue weighted by Gasteiger charge is 2.27. The normalized spacial score (nSPS) is 19.0. The van der Waals surface area contributed by atoms with Gasteiger partial charge < -0.3 is 4.52 Å². The van der Waals surface area contributed by atoms with E-state index in [1.165, 1.54) is 24.8 Å². The Morgan fingerprint density at radius 2 is 2.20 bits per heavy atom. The number of pyridine rings is 1. The second-order valence-corrected chi connectivity index (χ2v) is 6.56. The topological polar surface area (TPSA) is 72.9 Å². The minimum absolute atomic E-state index is 0.178. The third-order valence-electron chi connectivity index (χ3n) is 4.66.